The van der Waals surface area contributed by atoms with Crippen LogP contribution in [0.5, 0.6) is 0 Å². The molecule has 3 nitrogen and oxygen atoms in total. The van der Waals surface area contributed by atoms with E-state index in [2.05, 4.69) is 4.74 Å². The average molecular weight is 178 g/mol. The van der Waals surface area contributed by atoms with Gasteiger partial charge >= 0.3 is 11.9 Å². The number of allylic oxidation sites excluding steroid dienone is 1. The zero-order valence-electron chi connectivity index (χ0n) is 7.37. The molecule has 0 radical (unpaired) electrons. The number of hydrogen-bond donors (Lipinski definition) is 0. The SMILES string of the molecule is CC1C2CC=C(C2)C12C(=O)OC2=O. The van der Waals surface area contributed by atoms with Crippen molar-refractivity contribution in [3.63, 3.8) is 0 Å². The van der Waals surface area contributed by atoms with Gasteiger partial charge in [-0.05, 0) is 30.3 Å². The minimum Gasteiger partial charge on any atom is -0.391 e. The molecule has 68 valence electrons. The van der Waals surface area contributed by atoms with Gasteiger partial charge in [-0.25, -0.2) is 9.59 Å². The number of ether oxygens (including phenoxy) is 1. The average Bonchev–Trinajstić information content (AvgIpc) is 2.63. The molecule has 3 aliphatic rings. The Hall–Kier alpha value is -1.12. The molecular formula is C10H10O3. The number of rotatable bonds is 0. The first-order valence-electron chi connectivity index (χ1n) is 4.63. The van der Waals surface area contributed by atoms with Gasteiger partial charge in [-0.3, -0.25) is 0 Å². The summed E-state index contributed by atoms with van der Waals surface area (Å²) in [4.78, 5) is 22.8. The third-order valence-corrected chi connectivity index (χ3v) is 3.88. The molecule has 0 N–H and O–H groups in total. The topological polar surface area (TPSA) is 43.4 Å². The Morgan fingerprint density at radius 3 is 2.54 bits per heavy atom. The van der Waals surface area contributed by atoms with Gasteiger partial charge in [0.05, 0.1) is 0 Å². The van der Waals surface area contributed by atoms with E-state index < -0.39 is 5.41 Å². The first-order valence-corrected chi connectivity index (χ1v) is 4.63. The van der Waals surface area contributed by atoms with Crippen LogP contribution in [0, 0.1) is 17.3 Å². The first-order chi connectivity index (χ1) is 6.17. The van der Waals surface area contributed by atoms with Crippen LogP contribution in [-0.2, 0) is 14.3 Å². The second-order valence-electron chi connectivity index (χ2n) is 4.20. The predicted octanol–water partition coefficient (Wildman–Crippen LogP) is 1.04. The van der Waals surface area contributed by atoms with Gasteiger partial charge in [0.15, 0.2) is 5.41 Å². The maximum absolute atomic E-state index is 11.4. The molecule has 0 aromatic carbocycles. The van der Waals surface area contributed by atoms with Crippen molar-refractivity contribution in [1.29, 1.82) is 0 Å². The second-order valence-corrected chi connectivity index (χ2v) is 4.20. The molecule has 1 spiro atoms. The molecule has 3 rings (SSSR count). The van der Waals surface area contributed by atoms with Crippen LogP contribution in [0.2, 0.25) is 0 Å². The minimum atomic E-state index is -0.830. The van der Waals surface area contributed by atoms with E-state index in [0.717, 1.165) is 18.4 Å². The van der Waals surface area contributed by atoms with Crippen LogP contribution < -0.4 is 0 Å². The number of carbonyl (C=O) groups excluding carboxylic acids is 2. The summed E-state index contributed by atoms with van der Waals surface area (Å²) in [5, 5.41) is 0. The molecular weight excluding hydrogens is 168 g/mol. The quantitative estimate of drug-likeness (QED) is 0.316. The van der Waals surface area contributed by atoms with Gasteiger partial charge < -0.3 is 4.74 Å². The molecule has 0 aromatic heterocycles. The molecule has 1 saturated carbocycles. The van der Waals surface area contributed by atoms with Gasteiger partial charge in [-0.2, -0.15) is 0 Å². The molecule has 1 heterocycles. The summed E-state index contributed by atoms with van der Waals surface area (Å²) >= 11 is 0. The Balaban J connectivity index is 2.17. The molecule has 2 fully saturated rings. The lowest BCUT2D eigenvalue weighted by atomic mass is 9.68. The van der Waals surface area contributed by atoms with Crippen molar-refractivity contribution in [3.8, 4) is 0 Å². The van der Waals surface area contributed by atoms with E-state index in [1.54, 1.807) is 0 Å². The van der Waals surface area contributed by atoms with Crippen molar-refractivity contribution < 1.29 is 14.3 Å². The van der Waals surface area contributed by atoms with Crippen LogP contribution in [0.4, 0.5) is 0 Å². The molecule has 13 heavy (non-hydrogen) atoms. The fraction of sp³-hybridized carbons (Fsp3) is 0.600. The van der Waals surface area contributed by atoms with Gasteiger partial charge in [0.2, 0.25) is 0 Å². The molecule has 0 aromatic rings. The maximum atomic E-state index is 11.4. The lowest BCUT2D eigenvalue weighted by molar-refractivity contribution is -0.196. The second kappa shape index (κ2) is 1.86. The molecule has 0 amide bonds. The van der Waals surface area contributed by atoms with Crippen molar-refractivity contribution in [3.05, 3.63) is 11.6 Å². The zero-order valence-corrected chi connectivity index (χ0v) is 7.37. The Morgan fingerprint density at radius 1 is 1.46 bits per heavy atom. The van der Waals surface area contributed by atoms with Gasteiger partial charge in [-0.15, -0.1) is 0 Å². The van der Waals surface area contributed by atoms with E-state index in [1.807, 2.05) is 13.0 Å². The van der Waals surface area contributed by atoms with Crippen molar-refractivity contribution in [2.75, 3.05) is 0 Å². The van der Waals surface area contributed by atoms with Gasteiger partial charge in [-0.1, -0.05) is 13.0 Å². The lowest BCUT2D eigenvalue weighted by Crippen LogP contribution is -2.57. The van der Waals surface area contributed by atoms with Gasteiger partial charge in [0, 0.05) is 0 Å². The molecule has 2 bridgehead atoms. The lowest BCUT2D eigenvalue weighted by Gasteiger charge is -2.39. The number of cyclic esters (lactones) is 2. The summed E-state index contributed by atoms with van der Waals surface area (Å²) in [6.45, 7) is 1.99. The molecule has 1 saturated heterocycles. The van der Waals surface area contributed by atoms with Crippen LogP contribution in [0.25, 0.3) is 0 Å². The van der Waals surface area contributed by atoms with Gasteiger partial charge in [0.1, 0.15) is 0 Å². The Kier molecular flexibility index (Phi) is 1.05. The highest BCUT2D eigenvalue weighted by molar-refractivity contribution is 6.17. The van der Waals surface area contributed by atoms with Crippen molar-refractivity contribution in [1.82, 2.24) is 0 Å². The third kappa shape index (κ3) is 0.539. The minimum absolute atomic E-state index is 0.154. The third-order valence-electron chi connectivity index (χ3n) is 3.88. The highest BCUT2D eigenvalue weighted by Gasteiger charge is 2.69. The number of hydrogen-bond acceptors (Lipinski definition) is 3. The van der Waals surface area contributed by atoms with Crippen LogP contribution >= 0.6 is 0 Å². The fourth-order valence-electron chi connectivity index (χ4n) is 3.01. The monoisotopic (exact) mass is 178 g/mol. The van der Waals surface area contributed by atoms with E-state index in [-0.39, 0.29) is 17.9 Å². The van der Waals surface area contributed by atoms with Crippen molar-refractivity contribution in [2.45, 2.75) is 19.8 Å². The number of esters is 2. The molecule has 2 atom stereocenters. The Labute approximate surface area is 75.8 Å². The molecule has 2 aliphatic carbocycles. The summed E-state index contributed by atoms with van der Waals surface area (Å²) in [5.41, 5.74) is 0.189. The summed E-state index contributed by atoms with van der Waals surface area (Å²) in [7, 11) is 0. The fourth-order valence-corrected chi connectivity index (χ4v) is 3.01. The zero-order chi connectivity index (χ0) is 9.22. The first kappa shape index (κ1) is 7.30. The normalized spacial score (nSPS) is 39.0. The molecule has 3 heteroatoms. The van der Waals surface area contributed by atoms with Gasteiger partial charge in [0.25, 0.3) is 0 Å². The van der Waals surface area contributed by atoms with E-state index in [4.69, 9.17) is 0 Å². The molecule has 2 unspecified atom stereocenters. The smallest absolute Gasteiger partial charge is 0.335 e. The number of carbonyl (C=O) groups is 2. The highest BCUT2D eigenvalue weighted by Crippen LogP contribution is 2.60. The van der Waals surface area contributed by atoms with Crippen LogP contribution in [-0.4, -0.2) is 11.9 Å². The Morgan fingerprint density at radius 2 is 2.15 bits per heavy atom. The van der Waals surface area contributed by atoms with Crippen molar-refractivity contribution in [2.24, 2.45) is 17.3 Å². The van der Waals surface area contributed by atoms with Crippen LogP contribution in [0.15, 0.2) is 11.6 Å². The van der Waals surface area contributed by atoms with E-state index >= 15 is 0 Å². The summed E-state index contributed by atoms with van der Waals surface area (Å²) < 4.78 is 4.48. The Bertz CT molecular complexity index is 339. The largest absolute Gasteiger partial charge is 0.391 e. The van der Waals surface area contributed by atoms with Crippen LogP contribution in [0.1, 0.15) is 19.8 Å². The highest BCUT2D eigenvalue weighted by atomic mass is 16.6. The standard InChI is InChI=1S/C10H10O3/c1-5-6-2-3-7(4-6)10(5)8(11)13-9(10)12/h3,5-6H,2,4H2,1H3. The van der Waals surface area contributed by atoms with Crippen molar-refractivity contribution >= 4 is 11.9 Å². The van der Waals surface area contributed by atoms with E-state index in [9.17, 15) is 9.59 Å². The predicted molar refractivity (Wildman–Crippen MR) is 43.5 cm³/mol. The summed E-state index contributed by atoms with van der Waals surface area (Å²) in [6.07, 6.45) is 3.99. The molecule has 1 aliphatic heterocycles. The summed E-state index contributed by atoms with van der Waals surface area (Å²) in [5.74, 6) is 0.00458. The van der Waals surface area contributed by atoms with E-state index in [0.29, 0.717) is 5.92 Å². The number of fused-ring (bicyclic) bond motifs is 3. The van der Waals surface area contributed by atoms with Crippen LogP contribution in [0.3, 0.4) is 0 Å². The summed E-state index contributed by atoms with van der Waals surface area (Å²) in [6, 6.07) is 0. The van der Waals surface area contributed by atoms with E-state index in [1.165, 1.54) is 0 Å². The maximum Gasteiger partial charge on any atom is 0.335 e.